The van der Waals surface area contributed by atoms with Gasteiger partial charge in [-0.05, 0) is 13.0 Å². The molecule has 0 fully saturated rings. The Labute approximate surface area is 78.8 Å². The second-order valence-electron chi connectivity index (χ2n) is 2.46. The van der Waals surface area contributed by atoms with E-state index >= 15 is 0 Å². The molecule has 6 heteroatoms. The van der Waals surface area contributed by atoms with Crippen LogP contribution in [-0.4, -0.2) is 21.6 Å². The summed E-state index contributed by atoms with van der Waals surface area (Å²) in [4.78, 5) is 27.4. The number of aryl methyl sites for hydroxylation is 1. The maximum Gasteiger partial charge on any atom is 0.346 e. The van der Waals surface area contributed by atoms with Gasteiger partial charge in [0.05, 0.1) is 5.75 Å². The molecule has 0 saturated carbocycles. The van der Waals surface area contributed by atoms with Crippen molar-refractivity contribution in [2.24, 2.45) is 5.73 Å². The number of aromatic nitrogens is 2. The first kappa shape index (κ1) is 9.79. The third-order valence-corrected chi connectivity index (χ3v) is 2.15. The van der Waals surface area contributed by atoms with Gasteiger partial charge < -0.3 is 10.7 Å². The predicted octanol–water partition coefficient (Wildman–Crippen LogP) is -0.344. The number of carbonyl (C=O) groups is 1. The minimum atomic E-state index is -0.426. The summed E-state index contributed by atoms with van der Waals surface area (Å²) in [5, 5.41) is 0.514. The molecule has 0 bridgehead atoms. The van der Waals surface area contributed by atoms with E-state index in [-0.39, 0.29) is 5.75 Å². The number of primary amides is 1. The summed E-state index contributed by atoms with van der Waals surface area (Å²) < 4.78 is 0. The monoisotopic (exact) mass is 199 g/mol. The normalized spacial score (nSPS) is 9.92. The van der Waals surface area contributed by atoms with E-state index in [0.717, 1.165) is 11.8 Å². The van der Waals surface area contributed by atoms with Crippen LogP contribution in [0.5, 0.6) is 0 Å². The molecular formula is C7H9N3O2S. The molecule has 3 N–H and O–H groups in total. The first-order valence-electron chi connectivity index (χ1n) is 3.57. The van der Waals surface area contributed by atoms with Gasteiger partial charge in [0.15, 0.2) is 0 Å². The van der Waals surface area contributed by atoms with Crippen LogP contribution in [0.3, 0.4) is 0 Å². The summed E-state index contributed by atoms with van der Waals surface area (Å²) >= 11 is 1.15. The van der Waals surface area contributed by atoms with E-state index in [1.54, 1.807) is 13.0 Å². The summed E-state index contributed by atoms with van der Waals surface area (Å²) in [6.45, 7) is 1.75. The van der Waals surface area contributed by atoms with Gasteiger partial charge >= 0.3 is 5.69 Å². The van der Waals surface area contributed by atoms with Crippen LogP contribution in [0.4, 0.5) is 0 Å². The molecule has 0 radical (unpaired) electrons. The van der Waals surface area contributed by atoms with Crippen LogP contribution >= 0.6 is 11.8 Å². The van der Waals surface area contributed by atoms with Crippen LogP contribution in [0.25, 0.3) is 0 Å². The number of thioether (sulfide) groups is 1. The van der Waals surface area contributed by atoms with Gasteiger partial charge in [-0.15, -0.1) is 0 Å². The fraction of sp³-hybridized carbons (Fsp3) is 0.286. The number of amides is 1. The third kappa shape index (κ3) is 3.29. The van der Waals surface area contributed by atoms with Gasteiger partial charge in [-0.1, -0.05) is 11.8 Å². The lowest BCUT2D eigenvalue weighted by Crippen LogP contribution is -2.15. The molecule has 1 aromatic heterocycles. The van der Waals surface area contributed by atoms with Gasteiger partial charge in [-0.2, -0.15) is 4.98 Å². The van der Waals surface area contributed by atoms with Crippen molar-refractivity contribution in [3.8, 4) is 0 Å². The SMILES string of the molecule is Cc1cc(SCC(N)=O)nc(=O)[nH]1. The lowest BCUT2D eigenvalue weighted by molar-refractivity contribution is -0.115. The largest absolute Gasteiger partial charge is 0.369 e. The van der Waals surface area contributed by atoms with E-state index in [4.69, 9.17) is 5.73 Å². The number of aromatic amines is 1. The van der Waals surface area contributed by atoms with E-state index in [1.807, 2.05) is 0 Å². The zero-order chi connectivity index (χ0) is 9.84. The number of nitrogens with two attached hydrogens (primary N) is 1. The lowest BCUT2D eigenvalue weighted by Gasteiger charge is -1.97. The number of nitrogens with one attached hydrogen (secondary N) is 1. The van der Waals surface area contributed by atoms with E-state index < -0.39 is 11.6 Å². The first-order chi connectivity index (χ1) is 6.08. The number of hydrogen-bond acceptors (Lipinski definition) is 4. The van der Waals surface area contributed by atoms with Gasteiger partial charge in [-0.25, -0.2) is 4.79 Å². The van der Waals surface area contributed by atoms with Crippen LogP contribution in [0.1, 0.15) is 5.69 Å². The molecule has 5 nitrogen and oxygen atoms in total. The van der Waals surface area contributed by atoms with Gasteiger partial charge in [-0.3, -0.25) is 4.79 Å². The smallest absolute Gasteiger partial charge is 0.346 e. The van der Waals surface area contributed by atoms with Crippen molar-refractivity contribution < 1.29 is 4.79 Å². The van der Waals surface area contributed by atoms with E-state index in [1.165, 1.54) is 0 Å². The molecule has 1 heterocycles. The zero-order valence-electron chi connectivity index (χ0n) is 7.03. The van der Waals surface area contributed by atoms with Gasteiger partial charge in [0.1, 0.15) is 5.03 Å². The standard InChI is InChI=1S/C7H9N3O2S/c1-4-2-6(10-7(12)9-4)13-3-5(8)11/h2H,3H2,1H3,(H2,8,11)(H,9,10,12). The highest BCUT2D eigenvalue weighted by Crippen LogP contribution is 2.12. The molecule has 13 heavy (non-hydrogen) atoms. The second kappa shape index (κ2) is 4.08. The van der Waals surface area contributed by atoms with Crippen LogP contribution < -0.4 is 11.4 Å². The van der Waals surface area contributed by atoms with Gasteiger partial charge in [0, 0.05) is 5.69 Å². The highest BCUT2D eigenvalue weighted by Gasteiger charge is 2.00. The highest BCUT2D eigenvalue weighted by molar-refractivity contribution is 7.99. The van der Waals surface area contributed by atoms with Crippen molar-refractivity contribution in [1.82, 2.24) is 9.97 Å². The quantitative estimate of drug-likeness (QED) is 0.514. The molecular weight excluding hydrogens is 190 g/mol. The Kier molecular flexibility index (Phi) is 3.07. The van der Waals surface area contributed by atoms with Crippen molar-refractivity contribution in [2.45, 2.75) is 11.9 Å². The third-order valence-electron chi connectivity index (χ3n) is 1.22. The van der Waals surface area contributed by atoms with E-state index in [0.29, 0.717) is 10.7 Å². The van der Waals surface area contributed by atoms with Crippen LogP contribution in [0.15, 0.2) is 15.9 Å². The number of carbonyl (C=O) groups excluding carboxylic acids is 1. The predicted molar refractivity (Wildman–Crippen MR) is 49.5 cm³/mol. The van der Waals surface area contributed by atoms with E-state index in [2.05, 4.69) is 9.97 Å². The summed E-state index contributed by atoms with van der Waals surface area (Å²) in [6.07, 6.45) is 0. The Morgan fingerprint density at radius 2 is 2.46 bits per heavy atom. The molecule has 0 aromatic carbocycles. The Bertz CT molecular complexity index is 374. The summed E-state index contributed by atoms with van der Waals surface area (Å²) in [5.41, 5.74) is 5.25. The minimum Gasteiger partial charge on any atom is -0.369 e. The van der Waals surface area contributed by atoms with Crippen molar-refractivity contribution in [2.75, 3.05) is 5.75 Å². The van der Waals surface area contributed by atoms with E-state index in [9.17, 15) is 9.59 Å². The summed E-state index contributed by atoms with van der Waals surface area (Å²) in [7, 11) is 0. The Morgan fingerprint density at radius 1 is 1.77 bits per heavy atom. The molecule has 1 amide bonds. The molecule has 0 saturated heterocycles. The molecule has 0 aliphatic carbocycles. The van der Waals surface area contributed by atoms with Crippen LogP contribution in [0.2, 0.25) is 0 Å². The molecule has 1 rings (SSSR count). The number of H-pyrrole nitrogens is 1. The Hall–Kier alpha value is -1.30. The molecule has 70 valence electrons. The second-order valence-corrected chi connectivity index (χ2v) is 3.46. The Balaban J connectivity index is 2.77. The number of nitrogens with zero attached hydrogens (tertiary/aromatic N) is 1. The van der Waals surface area contributed by atoms with Crippen LogP contribution in [-0.2, 0) is 4.79 Å². The van der Waals surface area contributed by atoms with Crippen LogP contribution in [0, 0.1) is 6.92 Å². The van der Waals surface area contributed by atoms with Crippen molar-refractivity contribution in [3.63, 3.8) is 0 Å². The fourth-order valence-corrected chi connectivity index (χ4v) is 1.47. The average molecular weight is 199 g/mol. The molecule has 1 aromatic rings. The first-order valence-corrected chi connectivity index (χ1v) is 4.55. The topological polar surface area (TPSA) is 88.8 Å². The maximum atomic E-state index is 10.9. The average Bonchev–Trinajstić information content (AvgIpc) is 1.99. The Morgan fingerprint density at radius 3 is 3.00 bits per heavy atom. The molecule has 0 atom stereocenters. The minimum absolute atomic E-state index is 0.135. The van der Waals surface area contributed by atoms with Crippen molar-refractivity contribution >= 4 is 17.7 Å². The molecule has 0 unspecified atom stereocenters. The fourth-order valence-electron chi connectivity index (χ4n) is 0.769. The molecule has 0 aliphatic rings. The maximum absolute atomic E-state index is 10.9. The summed E-state index contributed by atoms with van der Waals surface area (Å²) in [5.74, 6) is -0.291. The van der Waals surface area contributed by atoms with Crippen molar-refractivity contribution in [1.29, 1.82) is 0 Å². The van der Waals surface area contributed by atoms with Gasteiger partial charge in [0.2, 0.25) is 5.91 Å². The number of hydrogen-bond donors (Lipinski definition) is 2. The molecule has 0 spiro atoms. The lowest BCUT2D eigenvalue weighted by atomic mass is 10.5. The van der Waals surface area contributed by atoms with Crippen molar-refractivity contribution in [3.05, 3.63) is 22.2 Å². The zero-order valence-corrected chi connectivity index (χ0v) is 7.85. The highest BCUT2D eigenvalue weighted by atomic mass is 32.2. The summed E-state index contributed by atoms with van der Waals surface area (Å²) in [6, 6.07) is 1.69. The molecule has 0 aliphatic heterocycles. The number of rotatable bonds is 3. The van der Waals surface area contributed by atoms with Gasteiger partial charge in [0.25, 0.3) is 0 Å².